The van der Waals surface area contributed by atoms with E-state index in [-0.39, 0.29) is 6.10 Å². The summed E-state index contributed by atoms with van der Waals surface area (Å²) >= 11 is 0. The highest BCUT2D eigenvalue weighted by Gasteiger charge is 2.22. The number of hydrogen-bond donors (Lipinski definition) is 1. The Kier molecular flexibility index (Phi) is 4.65. The molecule has 1 aliphatic rings. The van der Waals surface area contributed by atoms with Gasteiger partial charge in [-0.15, -0.1) is 0 Å². The predicted molar refractivity (Wildman–Crippen MR) is 77.1 cm³/mol. The number of aryl methyl sites for hydroxylation is 1. The SMILES string of the molecule is CN(C)c1ccc(CCC2CCCCC2O)cc1. The minimum Gasteiger partial charge on any atom is -0.393 e. The summed E-state index contributed by atoms with van der Waals surface area (Å²) in [5, 5.41) is 9.96. The molecule has 0 heterocycles. The van der Waals surface area contributed by atoms with Crippen LogP contribution in [0.3, 0.4) is 0 Å². The summed E-state index contributed by atoms with van der Waals surface area (Å²) in [4.78, 5) is 2.12. The van der Waals surface area contributed by atoms with Crippen molar-refractivity contribution >= 4 is 5.69 Å². The molecule has 0 aromatic heterocycles. The zero-order chi connectivity index (χ0) is 13.0. The van der Waals surface area contributed by atoms with E-state index in [1.165, 1.54) is 30.5 Å². The molecule has 2 nitrogen and oxygen atoms in total. The number of anilines is 1. The first-order valence-corrected chi connectivity index (χ1v) is 7.11. The molecule has 0 bridgehead atoms. The lowest BCUT2D eigenvalue weighted by Gasteiger charge is -2.27. The molecule has 1 saturated carbocycles. The Balaban J connectivity index is 1.85. The summed E-state index contributed by atoms with van der Waals surface area (Å²) < 4.78 is 0. The molecular weight excluding hydrogens is 222 g/mol. The van der Waals surface area contributed by atoms with Gasteiger partial charge in [-0.3, -0.25) is 0 Å². The second kappa shape index (κ2) is 6.24. The van der Waals surface area contributed by atoms with Gasteiger partial charge in [0.2, 0.25) is 0 Å². The van der Waals surface area contributed by atoms with Crippen LogP contribution >= 0.6 is 0 Å². The summed E-state index contributed by atoms with van der Waals surface area (Å²) in [6, 6.07) is 8.77. The highest BCUT2D eigenvalue weighted by molar-refractivity contribution is 5.45. The van der Waals surface area contributed by atoms with Crippen molar-refractivity contribution in [3.63, 3.8) is 0 Å². The minimum atomic E-state index is -0.0557. The van der Waals surface area contributed by atoms with Gasteiger partial charge in [0.1, 0.15) is 0 Å². The van der Waals surface area contributed by atoms with Crippen LogP contribution in [0.25, 0.3) is 0 Å². The Hall–Kier alpha value is -1.02. The van der Waals surface area contributed by atoms with E-state index in [0.29, 0.717) is 5.92 Å². The highest BCUT2D eigenvalue weighted by Crippen LogP contribution is 2.28. The van der Waals surface area contributed by atoms with Gasteiger partial charge in [-0.1, -0.05) is 25.0 Å². The maximum Gasteiger partial charge on any atom is 0.0568 e. The van der Waals surface area contributed by atoms with Crippen molar-refractivity contribution in [3.05, 3.63) is 29.8 Å². The lowest BCUT2D eigenvalue weighted by molar-refractivity contribution is 0.0655. The van der Waals surface area contributed by atoms with Crippen LogP contribution in [0.1, 0.15) is 37.7 Å². The van der Waals surface area contributed by atoms with Crippen molar-refractivity contribution in [1.82, 2.24) is 0 Å². The molecule has 0 radical (unpaired) electrons. The quantitative estimate of drug-likeness (QED) is 0.883. The first kappa shape index (κ1) is 13.4. The molecule has 2 heteroatoms. The first-order chi connectivity index (χ1) is 8.66. The van der Waals surface area contributed by atoms with Gasteiger partial charge in [0.05, 0.1) is 6.10 Å². The summed E-state index contributed by atoms with van der Waals surface area (Å²) in [6.45, 7) is 0. The molecule has 2 atom stereocenters. The fourth-order valence-electron chi connectivity index (χ4n) is 2.84. The van der Waals surface area contributed by atoms with Gasteiger partial charge in [-0.25, -0.2) is 0 Å². The summed E-state index contributed by atoms with van der Waals surface area (Å²) in [6.07, 6.45) is 6.87. The van der Waals surface area contributed by atoms with Crippen molar-refractivity contribution in [3.8, 4) is 0 Å². The summed E-state index contributed by atoms with van der Waals surface area (Å²) in [5.41, 5.74) is 2.63. The van der Waals surface area contributed by atoms with Crippen molar-refractivity contribution < 1.29 is 5.11 Å². The van der Waals surface area contributed by atoms with Gasteiger partial charge in [0.15, 0.2) is 0 Å². The zero-order valence-corrected chi connectivity index (χ0v) is 11.6. The van der Waals surface area contributed by atoms with Crippen LogP contribution in [0.5, 0.6) is 0 Å². The Morgan fingerprint density at radius 3 is 2.39 bits per heavy atom. The molecule has 0 amide bonds. The number of benzene rings is 1. The van der Waals surface area contributed by atoms with Gasteiger partial charge in [0, 0.05) is 19.8 Å². The van der Waals surface area contributed by atoms with Crippen LogP contribution in [0.15, 0.2) is 24.3 Å². The number of rotatable bonds is 4. The van der Waals surface area contributed by atoms with Gasteiger partial charge in [-0.05, 0) is 49.3 Å². The second-order valence-corrected chi connectivity index (χ2v) is 5.71. The van der Waals surface area contributed by atoms with E-state index in [1.54, 1.807) is 0 Å². The summed E-state index contributed by atoms with van der Waals surface area (Å²) in [5.74, 6) is 0.521. The van der Waals surface area contributed by atoms with Gasteiger partial charge in [0.25, 0.3) is 0 Å². The van der Waals surface area contributed by atoms with E-state index < -0.39 is 0 Å². The normalized spacial score (nSPS) is 23.9. The smallest absolute Gasteiger partial charge is 0.0568 e. The molecule has 1 aromatic carbocycles. The zero-order valence-electron chi connectivity index (χ0n) is 11.6. The lowest BCUT2D eigenvalue weighted by Crippen LogP contribution is -2.24. The first-order valence-electron chi connectivity index (χ1n) is 7.11. The van der Waals surface area contributed by atoms with Gasteiger partial charge < -0.3 is 10.0 Å². The number of hydrogen-bond acceptors (Lipinski definition) is 2. The van der Waals surface area contributed by atoms with Gasteiger partial charge >= 0.3 is 0 Å². The Bertz CT molecular complexity index is 358. The third kappa shape index (κ3) is 3.49. The third-order valence-electron chi connectivity index (χ3n) is 4.13. The van der Waals surface area contributed by atoms with E-state index in [2.05, 4.69) is 43.3 Å². The van der Waals surface area contributed by atoms with Crippen molar-refractivity contribution in [1.29, 1.82) is 0 Å². The molecule has 1 aromatic rings. The fraction of sp³-hybridized carbons (Fsp3) is 0.625. The largest absolute Gasteiger partial charge is 0.393 e. The summed E-state index contributed by atoms with van der Waals surface area (Å²) in [7, 11) is 4.13. The van der Waals surface area contributed by atoms with E-state index in [9.17, 15) is 5.11 Å². The molecule has 1 aliphatic carbocycles. The minimum absolute atomic E-state index is 0.0557. The third-order valence-corrected chi connectivity index (χ3v) is 4.13. The van der Waals surface area contributed by atoms with Crippen LogP contribution in [0, 0.1) is 5.92 Å². The molecule has 100 valence electrons. The number of aliphatic hydroxyl groups is 1. The molecule has 1 N–H and O–H groups in total. The van der Waals surface area contributed by atoms with Gasteiger partial charge in [-0.2, -0.15) is 0 Å². The monoisotopic (exact) mass is 247 g/mol. The number of aliphatic hydroxyl groups excluding tert-OH is 1. The molecule has 2 unspecified atom stereocenters. The maximum atomic E-state index is 9.96. The van der Waals surface area contributed by atoms with Crippen LogP contribution < -0.4 is 4.90 Å². The topological polar surface area (TPSA) is 23.5 Å². The van der Waals surface area contributed by atoms with E-state index in [0.717, 1.165) is 19.3 Å². The van der Waals surface area contributed by atoms with E-state index >= 15 is 0 Å². The molecule has 1 fully saturated rings. The molecule has 0 saturated heterocycles. The average molecular weight is 247 g/mol. The van der Waals surface area contributed by atoms with Crippen molar-refractivity contribution in [2.45, 2.75) is 44.6 Å². The Morgan fingerprint density at radius 2 is 1.78 bits per heavy atom. The Morgan fingerprint density at radius 1 is 1.11 bits per heavy atom. The molecule has 0 aliphatic heterocycles. The average Bonchev–Trinajstić information content (AvgIpc) is 2.38. The fourth-order valence-corrected chi connectivity index (χ4v) is 2.84. The highest BCUT2D eigenvalue weighted by atomic mass is 16.3. The van der Waals surface area contributed by atoms with E-state index in [4.69, 9.17) is 0 Å². The number of nitrogens with zero attached hydrogens (tertiary/aromatic N) is 1. The molecule has 18 heavy (non-hydrogen) atoms. The van der Waals surface area contributed by atoms with Crippen LogP contribution in [-0.4, -0.2) is 25.3 Å². The Labute approximate surface area is 111 Å². The van der Waals surface area contributed by atoms with E-state index in [1.807, 2.05) is 0 Å². The molecular formula is C16H25NO. The second-order valence-electron chi connectivity index (χ2n) is 5.71. The van der Waals surface area contributed by atoms with Crippen molar-refractivity contribution in [2.75, 3.05) is 19.0 Å². The van der Waals surface area contributed by atoms with Crippen LogP contribution in [0.2, 0.25) is 0 Å². The van der Waals surface area contributed by atoms with Crippen LogP contribution in [-0.2, 0) is 6.42 Å². The van der Waals surface area contributed by atoms with Crippen molar-refractivity contribution in [2.24, 2.45) is 5.92 Å². The molecule has 2 rings (SSSR count). The van der Waals surface area contributed by atoms with Crippen LogP contribution in [0.4, 0.5) is 5.69 Å². The molecule has 0 spiro atoms. The predicted octanol–water partition coefficient (Wildman–Crippen LogP) is 3.24. The lowest BCUT2D eigenvalue weighted by atomic mass is 9.83. The maximum absolute atomic E-state index is 9.96. The standard InChI is InChI=1S/C16H25NO/c1-17(2)15-11-8-13(9-12-15)7-10-14-5-3-4-6-16(14)18/h8-9,11-12,14,16,18H,3-7,10H2,1-2H3.